The minimum absolute atomic E-state index is 0.0391. The first-order valence-electron chi connectivity index (χ1n) is 13.2. The van der Waals surface area contributed by atoms with E-state index in [0.717, 1.165) is 5.56 Å². The molecule has 0 aromatic heterocycles. The van der Waals surface area contributed by atoms with E-state index in [1.54, 1.807) is 0 Å². The third-order valence-electron chi connectivity index (χ3n) is 6.37. The molecule has 13 heteroatoms. The Hall–Kier alpha value is -4.09. The van der Waals surface area contributed by atoms with Gasteiger partial charge in [0.15, 0.2) is 0 Å². The van der Waals surface area contributed by atoms with Crippen LogP contribution in [0.3, 0.4) is 0 Å². The van der Waals surface area contributed by atoms with Crippen LogP contribution in [-0.4, -0.2) is 82.3 Å². The minimum Gasteiger partial charge on any atom is -0.850 e. The average molecular weight is 559 g/mol. The molecule has 0 spiro atoms. The summed E-state index contributed by atoms with van der Waals surface area (Å²) in [6, 6.07) is 4.75. The molecule has 40 heavy (non-hydrogen) atoms. The van der Waals surface area contributed by atoms with E-state index in [-0.39, 0.29) is 12.5 Å². The molecular weight excluding hydrogens is 520 g/mol. The smallest absolute Gasteiger partial charge is 0.408 e. The Bertz CT molecular complexity index is 1100. The second kappa shape index (κ2) is 15.5. The second-order valence-corrected chi connectivity index (χ2v) is 10.2. The standard InChI is InChI=1S/C27H38N6O7/c1-16(2)13-20(31-27(39)40-15-19-9-6-5-7-10-19)26(38)33-12-8-11-21(33)25(37)30-17(3)24(36)32-23(18(4)34)22(35)14-29-28/h5-7,9-10,14,16-18,20-21,23,28H,8,11-13,15H2,1-4H3,(H,30,37)(H,31,39)(H,32,36)/t17-,18?,20-,21-,23-/m0/s1. The van der Waals surface area contributed by atoms with Crippen LogP contribution in [0.15, 0.2) is 30.3 Å². The largest absolute Gasteiger partial charge is 0.850 e. The van der Waals surface area contributed by atoms with Gasteiger partial charge in [-0.2, -0.15) is 0 Å². The first-order valence-corrected chi connectivity index (χ1v) is 13.2. The fourth-order valence-electron chi connectivity index (χ4n) is 4.32. The van der Waals surface area contributed by atoms with Crippen molar-refractivity contribution in [2.75, 3.05) is 6.54 Å². The number of ketones is 1. The number of benzene rings is 1. The van der Waals surface area contributed by atoms with Gasteiger partial charge in [-0.1, -0.05) is 51.1 Å². The van der Waals surface area contributed by atoms with Gasteiger partial charge in [0.1, 0.15) is 24.7 Å². The Morgan fingerprint density at radius 2 is 1.77 bits per heavy atom. The maximum absolute atomic E-state index is 13.5. The van der Waals surface area contributed by atoms with Crippen molar-refractivity contribution in [3.05, 3.63) is 35.9 Å². The van der Waals surface area contributed by atoms with Crippen molar-refractivity contribution in [3.8, 4) is 0 Å². The SMILES string of the molecule is CC(C)C[C@H](NC(=O)OCc1ccccc1)C(=O)N1CCC[C@H]1C(=O)N[C@@H](C)C(=O)N[C@H](C(=O)C=[N+]=N)C(C)[O-]. The van der Waals surface area contributed by atoms with Gasteiger partial charge in [0, 0.05) is 6.54 Å². The predicted molar refractivity (Wildman–Crippen MR) is 141 cm³/mol. The summed E-state index contributed by atoms with van der Waals surface area (Å²) in [6.45, 7) is 6.71. The fourth-order valence-corrected chi connectivity index (χ4v) is 4.32. The van der Waals surface area contributed by atoms with E-state index in [9.17, 15) is 29.1 Å². The Morgan fingerprint density at radius 3 is 2.38 bits per heavy atom. The number of amides is 4. The van der Waals surface area contributed by atoms with Gasteiger partial charge in [-0.25, -0.2) is 4.79 Å². The zero-order valence-electron chi connectivity index (χ0n) is 23.2. The van der Waals surface area contributed by atoms with Crippen LogP contribution in [0.5, 0.6) is 0 Å². The van der Waals surface area contributed by atoms with Crippen LogP contribution >= 0.6 is 0 Å². The quantitative estimate of drug-likeness (QED) is 0.148. The van der Waals surface area contributed by atoms with E-state index in [2.05, 4.69) is 20.7 Å². The molecule has 2 rings (SSSR count). The van der Waals surface area contributed by atoms with Crippen LogP contribution in [0.2, 0.25) is 0 Å². The highest BCUT2D eigenvalue weighted by Gasteiger charge is 2.39. The molecule has 13 nitrogen and oxygen atoms in total. The van der Waals surface area contributed by atoms with E-state index in [1.807, 2.05) is 44.2 Å². The Morgan fingerprint density at radius 1 is 1.10 bits per heavy atom. The van der Waals surface area contributed by atoms with Crippen molar-refractivity contribution < 1.29 is 38.6 Å². The Kier molecular flexibility index (Phi) is 12.4. The van der Waals surface area contributed by atoms with Gasteiger partial charge >= 0.3 is 12.3 Å². The molecule has 0 radical (unpaired) electrons. The normalized spacial score (nSPS) is 17.6. The number of rotatable bonds is 13. The van der Waals surface area contributed by atoms with Crippen molar-refractivity contribution in [1.82, 2.24) is 20.9 Å². The van der Waals surface area contributed by atoms with Gasteiger partial charge in [-0.3, -0.25) is 19.2 Å². The predicted octanol–water partition coefficient (Wildman–Crippen LogP) is -0.0641. The number of nitrogens with one attached hydrogen (secondary N) is 4. The highest BCUT2D eigenvalue weighted by Crippen LogP contribution is 2.21. The Labute approximate surface area is 233 Å². The number of ether oxygens (including phenoxy) is 1. The zero-order chi connectivity index (χ0) is 29.8. The molecule has 1 heterocycles. The van der Waals surface area contributed by atoms with Crippen LogP contribution < -0.4 is 21.1 Å². The fraction of sp³-hybridized carbons (Fsp3) is 0.556. The summed E-state index contributed by atoms with van der Waals surface area (Å²) in [5.74, 6) is -2.55. The summed E-state index contributed by atoms with van der Waals surface area (Å²) in [6.07, 6.45) is -0.395. The average Bonchev–Trinajstić information content (AvgIpc) is 3.40. The lowest BCUT2D eigenvalue weighted by molar-refractivity contribution is -0.416. The molecule has 1 saturated heterocycles. The van der Waals surface area contributed by atoms with Crippen molar-refractivity contribution in [2.24, 2.45) is 5.92 Å². The van der Waals surface area contributed by atoms with Crippen molar-refractivity contribution >= 4 is 35.8 Å². The van der Waals surface area contributed by atoms with E-state index in [4.69, 9.17) is 10.3 Å². The monoisotopic (exact) mass is 558 g/mol. The van der Waals surface area contributed by atoms with E-state index in [1.165, 1.54) is 18.7 Å². The first kappa shape index (κ1) is 32.1. The molecule has 1 aromatic carbocycles. The summed E-state index contributed by atoms with van der Waals surface area (Å²) in [5, 5.41) is 19.3. The molecule has 4 N–H and O–H groups in total. The number of Topliss-reactive ketones (excluding diaryl/α,β-unsaturated/α-hetero) is 1. The molecular formula is C27H38N6O7. The molecule has 218 valence electrons. The minimum atomic E-state index is -1.51. The van der Waals surface area contributed by atoms with Crippen molar-refractivity contribution in [1.29, 1.82) is 5.53 Å². The van der Waals surface area contributed by atoms with E-state index in [0.29, 0.717) is 32.0 Å². The molecule has 5 atom stereocenters. The van der Waals surface area contributed by atoms with Crippen LogP contribution in [0.1, 0.15) is 52.5 Å². The first-order chi connectivity index (χ1) is 18.9. The maximum Gasteiger partial charge on any atom is 0.408 e. The number of nitrogens with zero attached hydrogens (tertiary/aromatic N) is 2. The zero-order valence-corrected chi connectivity index (χ0v) is 23.2. The van der Waals surface area contributed by atoms with Crippen LogP contribution in [0.25, 0.3) is 0 Å². The topological polar surface area (TPSA) is 195 Å². The summed E-state index contributed by atoms with van der Waals surface area (Å²) in [7, 11) is 0. The van der Waals surface area contributed by atoms with Gasteiger partial charge in [-0.15, -0.1) is 6.10 Å². The van der Waals surface area contributed by atoms with Gasteiger partial charge in [0.25, 0.3) is 5.78 Å². The number of likely N-dealkylation sites (tertiary alicyclic amines) is 1. The lowest BCUT2D eigenvalue weighted by atomic mass is 10.0. The summed E-state index contributed by atoms with van der Waals surface area (Å²) < 4.78 is 5.28. The molecule has 1 aliphatic heterocycles. The molecule has 4 amide bonds. The van der Waals surface area contributed by atoms with E-state index < -0.39 is 59.9 Å². The number of alkyl carbamates (subject to hydrolysis) is 1. The second-order valence-electron chi connectivity index (χ2n) is 10.2. The number of carbonyl (C=O) groups is 5. The lowest BCUT2D eigenvalue weighted by Gasteiger charge is -2.30. The van der Waals surface area contributed by atoms with Gasteiger partial charge in [0.2, 0.25) is 17.7 Å². The molecule has 1 fully saturated rings. The van der Waals surface area contributed by atoms with Crippen LogP contribution in [-0.2, 0) is 30.5 Å². The molecule has 0 aliphatic carbocycles. The van der Waals surface area contributed by atoms with Crippen LogP contribution in [0, 0.1) is 11.4 Å². The summed E-state index contributed by atoms with van der Waals surface area (Å²) in [5.41, 5.74) is 7.55. The summed E-state index contributed by atoms with van der Waals surface area (Å²) in [4.78, 5) is 67.8. The molecule has 1 aliphatic rings. The molecule has 0 saturated carbocycles. The summed E-state index contributed by atoms with van der Waals surface area (Å²) >= 11 is 0. The van der Waals surface area contributed by atoms with Gasteiger partial charge < -0.3 is 30.7 Å². The third kappa shape index (κ3) is 9.58. The molecule has 1 aromatic rings. The third-order valence-corrected chi connectivity index (χ3v) is 6.37. The molecule has 0 bridgehead atoms. The highest BCUT2D eigenvalue weighted by molar-refractivity contribution is 6.28. The lowest BCUT2D eigenvalue weighted by Crippen LogP contribution is -2.59. The number of hydrogen-bond acceptors (Lipinski definition) is 8. The van der Waals surface area contributed by atoms with Gasteiger partial charge in [-0.05, 0) is 37.7 Å². The van der Waals surface area contributed by atoms with E-state index >= 15 is 0 Å². The number of carbonyl (C=O) groups excluding carboxylic acids is 5. The Balaban J connectivity index is 2.03. The highest BCUT2D eigenvalue weighted by atomic mass is 16.5. The van der Waals surface area contributed by atoms with Crippen LogP contribution in [0.4, 0.5) is 4.79 Å². The molecule has 1 unspecified atom stereocenters. The van der Waals surface area contributed by atoms with Crippen molar-refractivity contribution in [3.63, 3.8) is 0 Å². The van der Waals surface area contributed by atoms with Crippen molar-refractivity contribution in [2.45, 2.75) is 83.8 Å². The number of hydrogen-bond donors (Lipinski definition) is 4. The van der Waals surface area contributed by atoms with Gasteiger partial charge in [0.05, 0.1) is 16.4 Å². The maximum atomic E-state index is 13.5.